The summed E-state index contributed by atoms with van der Waals surface area (Å²) in [6, 6.07) is 14.3. The van der Waals surface area contributed by atoms with Crippen LogP contribution in [0.3, 0.4) is 0 Å². The van der Waals surface area contributed by atoms with Crippen molar-refractivity contribution in [2.75, 3.05) is 5.32 Å². The van der Waals surface area contributed by atoms with Crippen LogP contribution in [0.1, 0.15) is 78.1 Å². The number of amides is 1. The van der Waals surface area contributed by atoms with Crippen LogP contribution in [0.25, 0.3) is 10.8 Å². The van der Waals surface area contributed by atoms with Crippen LogP contribution in [0.5, 0.6) is 0 Å². The Balaban J connectivity index is 0.00000272. The summed E-state index contributed by atoms with van der Waals surface area (Å²) in [4.78, 5) is 13.2. The van der Waals surface area contributed by atoms with Crippen molar-refractivity contribution in [3.05, 3.63) is 54.2 Å². The Kier molecular flexibility index (Phi) is 8.57. The van der Waals surface area contributed by atoms with E-state index in [0.717, 1.165) is 53.8 Å². The van der Waals surface area contributed by atoms with Crippen LogP contribution in [-0.2, 0) is 4.79 Å². The first-order valence-electron chi connectivity index (χ1n) is 12.0. The van der Waals surface area contributed by atoms with Crippen molar-refractivity contribution in [2.24, 2.45) is 23.5 Å². The van der Waals surface area contributed by atoms with E-state index in [2.05, 4.69) is 29.6 Å². The first-order valence-corrected chi connectivity index (χ1v) is 12.0. The number of nitrogens with one attached hydrogen (secondary N) is 1. The standard InChI is InChI=1S/C27H36N2O.CH4/c28-23(18-17-20-9-2-1-3-10-20)19-22-12-5-7-15-25(22)27(30)29-26-16-8-13-21-11-4-6-14-24(21)26;/h4,6,8,11,13-14,16,19-20,22,25H,1-3,5,7,9-10,12,15,17-18,28H2,(H,29,30);1H4/b23-19-;/t22-,25?;/m1./s1. The van der Waals surface area contributed by atoms with Crippen LogP contribution in [0.4, 0.5) is 5.69 Å². The molecular formula is C28H40N2O. The van der Waals surface area contributed by atoms with Crippen LogP contribution in [0.2, 0.25) is 0 Å². The van der Waals surface area contributed by atoms with Gasteiger partial charge >= 0.3 is 0 Å². The molecule has 0 radical (unpaired) electrons. The van der Waals surface area contributed by atoms with Crippen molar-refractivity contribution >= 4 is 22.4 Å². The summed E-state index contributed by atoms with van der Waals surface area (Å²) in [5.74, 6) is 1.28. The molecule has 4 rings (SSSR count). The van der Waals surface area contributed by atoms with Gasteiger partial charge in [-0.1, -0.05) is 94.8 Å². The van der Waals surface area contributed by atoms with Gasteiger partial charge in [0.2, 0.25) is 5.91 Å². The number of carbonyl (C=O) groups excluding carboxylic acids is 1. The molecule has 0 aliphatic heterocycles. The highest BCUT2D eigenvalue weighted by molar-refractivity contribution is 6.02. The topological polar surface area (TPSA) is 55.1 Å². The highest BCUT2D eigenvalue weighted by Crippen LogP contribution is 2.34. The molecule has 3 nitrogen and oxygen atoms in total. The molecule has 0 bridgehead atoms. The maximum atomic E-state index is 13.2. The Morgan fingerprint density at radius 2 is 1.65 bits per heavy atom. The Hall–Kier alpha value is -2.29. The van der Waals surface area contributed by atoms with E-state index in [9.17, 15) is 4.79 Å². The van der Waals surface area contributed by atoms with Crippen molar-refractivity contribution in [3.8, 4) is 0 Å². The number of hydrogen-bond acceptors (Lipinski definition) is 2. The zero-order valence-corrected chi connectivity index (χ0v) is 18.1. The highest BCUT2D eigenvalue weighted by atomic mass is 16.1. The van der Waals surface area contributed by atoms with Gasteiger partial charge in [0.1, 0.15) is 0 Å². The maximum Gasteiger partial charge on any atom is 0.228 e. The number of benzene rings is 2. The molecule has 2 aliphatic rings. The summed E-state index contributed by atoms with van der Waals surface area (Å²) in [7, 11) is 0. The van der Waals surface area contributed by atoms with Gasteiger partial charge in [-0.2, -0.15) is 0 Å². The van der Waals surface area contributed by atoms with Crippen molar-refractivity contribution in [3.63, 3.8) is 0 Å². The average Bonchev–Trinajstić information content (AvgIpc) is 2.79. The number of fused-ring (bicyclic) bond motifs is 1. The molecule has 1 amide bonds. The van der Waals surface area contributed by atoms with Gasteiger partial charge in [0.25, 0.3) is 0 Å². The van der Waals surface area contributed by atoms with Crippen molar-refractivity contribution in [2.45, 2.75) is 78.1 Å². The molecule has 31 heavy (non-hydrogen) atoms. The fourth-order valence-electron chi connectivity index (χ4n) is 5.45. The van der Waals surface area contributed by atoms with Gasteiger partial charge in [-0.15, -0.1) is 0 Å². The third-order valence-electron chi connectivity index (χ3n) is 7.20. The lowest BCUT2D eigenvalue weighted by Gasteiger charge is -2.29. The van der Waals surface area contributed by atoms with E-state index in [0.29, 0.717) is 0 Å². The molecule has 3 heteroatoms. The second kappa shape index (κ2) is 11.4. The molecule has 3 N–H and O–H groups in total. The lowest BCUT2D eigenvalue weighted by atomic mass is 9.77. The van der Waals surface area contributed by atoms with Gasteiger partial charge in [0, 0.05) is 22.7 Å². The second-order valence-corrected chi connectivity index (χ2v) is 9.36. The van der Waals surface area contributed by atoms with Crippen LogP contribution < -0.4 is 11.1 Å². The molecular weight excluding hydrogens is 380 g/mol. The van der Waals surface area contributed by atoms with Gasteiger partial charge < -0.3 is 11.1 Å². The van der Waals surface area contributed by atoms with Crippen LogP contribution in [0.15, 0.2) is 54.2 Å². The summed E-state index contributed by atoms with van der Waals surface area (Å²) in [5.41, 5.74) is 8.35. The van der Waals surface area contributed by atoms with Gasteiger partial charge in [-0.3, -0.25) is 4.79 Å². The highest BCUT2D eigenvalue weighted by Gasteiger charge is 2.30. The molecule has 2 atom stereocenters. The Morgan fingerprint density at radius 1 is 0.935 bits per heavy atom. The van der Waals surface area contributed by atoms with E-state index in [1.807, 2.05) is 24.3 Å². The minimum Gasteiger partial charge on any atom is -0.402 e. The third kappa shape index (κ3) is 6.12. The monoisotopic (exact) mass is 420 g/mol. The van der Waals surface area contributed by atoms with Crippen LogP contribution in [-0.4, -0.2) is 5.91 Å². The summed E-state index contributed by atoms with van der Waals surface area (Å²) >= 11 is 0. The number of nitrogens with two attached hydrogens (primary N) is 1. The van der Waals surface area contributed by atoms with E-state index in [-0.39, 0.29) is 25.2 Å². The first-order chi connectivity index (χ1) is 14.7. The summed E-state index contributed by atoms with van der Waals surface area (Å²) in [6.45, 7) is 0. The predicted octanol–water partition coefficient (Wildman–Crippen LogP) is 7.42. The molecule has 0 spiro atoms. The van der Waals surface area contributed by atoms with Gasteiger partial charge in [-0.05, 0) is 49.0 Å². The van der Waals surface area contributed by atoms with Crippen molar-refractivity contribution in [1.29, 1.82) is 0 Å². The van der Waals surface area contributed by atoms with Crippen molar-refractivity contribution in [1.82, 2.24) is 0 Å². The fourth-order valence-corrected chi connectivity index (χ4v) is 5.45. The minimum atomic E-state index is 0. The number of allylic oxidation sites excluding steroid dienone is 2. The predicted molar refractivity (Wildman–Crippen MR) is 133 cm³/mol. The number of rotatable bonds is 6. The molecule has 2 aliphatic carbocycles. The largest absolute Gasteiger partial charge is 0.402 e. The summed E-state index contributed by atoms with van der Waals surface area (Å²) in [6.07, 6.45) is 15.7. The zero-order chi connectivity index (χ0) is 20.8. The SMILES string of the molecule is C.N/C(=C\[C@H]1CCCCC1C(=O)Nc1cccc2ccccc12)CCC1CCCCC1. The molecule has 2 saturated carbocycles. The maximum absolute atomic E-state index is 13.2. The number of anilines is 1. The number of carbonyl (C=O) groups is 1. The van der Waals surface area contributed by atoms with Gasteiger partial charge in [0.15, 0.2) is 0 Å². The normalized spacial score (nSPS) is 22.6. The smallest absolute Gasteiger partial charge is 0.228 e. The lowest BCUT2D eigenvalue weighted by Crippen LogP contribution is -2.31. The lowest BCUT2D eigenvalue weighted by molar-refractivity contribution is -0.121. The second-order valence-electron chi connectivity index (χ2n) is 9.36. The average molecular weight is 421 g/mol. The van der Waals surface area contributed by atoms with E-state index < -0.39 is 0 Å². The minimum absolute atomic E-state index is 0. The molecule has 1 unspecified atom stereocenters. The molecule has 2 aromatic rings. The quantitative estimate of drug-likeness (QED) is 0.510. The molecule has 168 valence electrons. The Bertz CT molecular complexity index is 876. The fraction of sp³-hybridized carbons (Fsp3) is 0.536. The van der Waals surface area contributed by atoms with Gasteiger partial charge in [-0.25, -0.2) is 0 Å². The van der Waals surface area contributed by atoms with Crippen LogP contribution >= 0.6 is 0 Å². The third-order valence-corrected chi connectivity index (χ3v) is 7.20. The van der Waals surface area contributed by atoms with E-state index in [1.165, 1.54) is 44.9 Å². The Morgan fingerprint density at radius 3 is 2.48 bits per heavy atom. The van der Waals surface area contributed by atoms with E-state index in [4.69, 9.17) is 5.73 Å². The summed E-state index contributed by atoms with van der Waals surface area (Å²) in [5, 5.41) is 5.49. The van der Waals surface area contributed by atoms with E-state index >= 15 is 0 Å². The van der Waals surface area contributed by atoms with Gasteiger partial charge in [0.05, 0.1) is 0 Å². The van der Waals surface area contributed by atoms with E-state index in [1.54, 1.807) is 0 Å². The van der Waals surface area contributed by atoms with Crippen LogP contribution in [0, 0.1) is 17.8 Å². The zero-order valence-electron chi connectivity index (χ0n) is 18.1. The molecule has 2 aromatic carbocycles. The first kappa shape index (κ1) is 23.4. The van der Waals surface area contributed by atoms with Crippen molar-refractivity contribution < 1.29 is 4.79 Å². The molecule has 2 fully saturated rings. The summed E-state index contributed by atoms with van der Waals surface area (Å²) < 4.78 is 0. The Labute approximate surface area is 188 Å². The number of hydrogen-bond donors (Lipinski definition) is 2. The molecule has 0 saturated heterocycles. The molecule has 0 aromatic heterocycles. The molecule has 0 heterocycles.